The van der Waals surface area contributed by atoms with Crippen molar-refractivity contribution in [2.24, 2.45) is 0 Å². The molecule has 6 heteroatoms. The highest BCUT2D eigenvalue weighted by Gasteiger charge is 2.26. The first-order valence-electron chi connectivity index (χ1n) is 7.12. The molecule has 0 N–H and O–H groups in total. The van der Waals surface area contributed by atoms with Crippen LogP contribution in [0.5, 0.6) is 0 Å². The van der Waals surface area contributed by atoms with Gasteiger partial charge in [0.25, 0.3) is 0 Å². The Morgan fingerprint density at radius 3 is 2.95 bits per heavy atom. The van der Waals surface area contributed by atoms with Crippen LogP contribution in [0.1, 0.15) is 12.8 Å². The number of nitrogens with zero attached hydrogens (tertiary/aromatic N) is 3. The van der Waals surface area contributed by atoms with Gasteiger partial charge in [0.1, 0.15) is 5.82 Å². The number of rotatable bonds is 2. The van der Waals surface area contributed by atoms with Crippen LogP contribution in [0.2, 0.25) is 5.02 Å². The van der Waals surface area contributed by atoms with Gasteiger partial charge in [0.05, 0.1) is 16.1 Å². The number of pyridine rings is 1. The molecule has 2 aliphatic rings. The molecule has 2 saturated heterocycles. The summed E-state index contributed by atoms with van der Waals surface area (Å²) in [6.45, 7) is 6.07. The van der Waals surface area contributed by atoms with E-state index in [0.717, 1.165) is 56.1 Å². The summed E-state index contributed by atoms with van der Waals surface area (Å²) in [5.41, 5.74) is 0. The van der Waals surface area contributed by atoms with E-state index in [2.05, 4.69) is 30.7 Å². The Balaban J connectivity index is 1.67. The minimum absolute atomic E-state index is 0.608. The molecule has 1 unspecified atom stereocenters. The van der Waals surface area contributed by atoms with Crippen molar-refractivity contribution in [1.29, 1.82) is 0 Å². The molecule has 110 valence electrons. The predicted octanol–water partition coefficient (Wildman–Crippen LogP) is 2.80. The SMILES string of the molecule is Clc1cnc(N2CCCN(C3CCOC3)CC2)c(Br)c1. The van der Waals surface area contributed by atoms with Crippen molar-refractivity contribution >= 4 is 33.3 Å². The third kappa shape index (κ3) is 3.27. The molecule has 2 aliphatic heterocycles. The molecule has 0 bridgehead atoms. The van der Waals surface area contributed by atoms with Crippen LogP contribution in [-0.2, 0) is 4.74 Å². The fourth-order valence-electron chi connectivity index (χ4n) is 2.96. The third-order valence-corrected chi connectivity index (χ3v) is 4.83. The molecule has 3 heterocycles. The van der Waals surface area contributed by atoms with Gasteiger partial charge < -0.3 is 9.64 Å². The van der Waals surface area contributed by atoms with Gasteiger partial charge in [-0.25, -0.2) is 4.98 Å². The smallest absolute Gasteiger partial charge is 0.143 e. The van der Waals surface area contributed by atoms with Gasteiger partial charge in [-0.15, -0.1) is 0 Å². The normalized spacial score (nSPS) is 24.9. The summed E-state index contributed by atoms with van der Waals surface area (Å²) in [5.74, 6) is 0.999. The number of hydrogen-bond donors (Lipinski definition) is 0. The largest absolute Gasteiger partial charge is 0.380 e. The maximum absolute atomic E-state index is 5.96. The molecule has 4 nitrogen and oxygen atoms in total. The van der Waals surface area contributed by atoms with Crippen LogP contribution in [-0.4, -0.2) is 55.3 Å². The Morgan fingerprint density at radius 2 is 2.20 bits per heavy atom. The quantitative estimate of drug-likeness (QED) is 0.811. The molecule has 1 aromatic rings. The zero-order valence-corrected chi connectivity index (χ0v) is 13.7. The molecule has 0 spiro atoms. The van der Waals surface area contributed by atoms with Crippen molar-refractivity contribution in [3.63, 3.8) is 0 Å². The molecule has 1 atom stereocenters. The van der Waals surface area contributed by atoms with Crippen molar-refractivity contribution in [3.05, 3.63) is 21.8 Å². The molecule has 0 saturated carbocycles. The maximum Gasteiger partial charge on any atom is 0.143 e. The summed E-state index contributed by atoms with van der Waals surface area (Å²) in [4.78, 5) is 9.38. The lowest BCUT2D eigenvalue weighted by Crippen LogP contribution is -2.38. The van der Waals surface area contributed by atoms with Crippen LogP contribution < -0.4 is 4.90 Å². The number of halogens is 2. The monoisotopic (exact) mass is 359 g/mol. The first-order valence-corrected chi connectivity index (χ1v) is 8.29. The standard InChI is InChI=1S/C14H19BrClN3O/c15-13-8-11(16)9-17-14(13)19-4-1-3-18(5-6-19)12-2-7-20-10-12/h8-9,12H,1-7,10H2. The van der Waals surface area contributed by atoms with Crippen molar-refractivity contribution in [1.82, 2.24) is 9.88 Å². The molecule has 0 aliphatic carbocycles. The van der Waals surface area contributed by atoms with Gasteiger partial charge in [-0.2, -0.15) is 0 Å². The average molecular weight is 361 g/mol. The fourth-order valence-corrected chi connectivity index (χ4v) is 3.85. The molecule has 0 aromatic carbocycles. The van der Waals surface area contributed by atoms with Crippen molar-refractivity contribution in [3.8, 4) is 0 Å². The van der Waals surface area contributed by atoms with Crippen LogP contribution in [0.4, 0.5) is 5.82 Å². The van der Waals surface area contributed by atoms with E-state index in [-0.39, 0.29) is 0 Å². The maximum atomic E-state index is 5.96. The summed E-state index contributed by atoms with van der Waals surface area (Å²) < 4.78 is 6.48. The molecule has 2 fully saturated rings. The lowest BCUT2D eigenvalue weighted by atomic mass is 10.2. The van der Waals surface area contributed by atoms with Crippen LogP contribution in [0.3, 0.4) is 0 Å². The van der Waals surface area contributed by atoms with Gasteiger partial charge in [0.15, 0.2) is 0 Å². The van der Waals surface area contributed by atoms with Gasteiger partial charge in [-0.1, -0.05) is 11.6 Å². The Bertz CT molecular complexity index is 468. The summed E-state index contributed by atoms with van der Waals surface area (Å²) in [6.07, 6.45) is 4.05. The molecular weight excluding hydrogens is 342 g/mol. The molecular formula is C14H19BrClN3O. The van der Waals surface area contributed by atoms with Crippen LogP contribution in [0.15, 0.2) is 16.7 Å². The second kappa shape index (κ2) is 6.60. The van der Waals surface area contributed by atoms with Crippen molar-refractivity contribution in [2.75, 3.05) is 44.3 Å². The fraction of sp³-hybridized carbons (Fsp3) is 0.643. The summed E-state index contributed by atoms with van der Waals surface area (Å²) in [6, 6.07) is 2.52. The first-order chi connectivity index (χ1) is 9.74. The first kappa shape index (κ1) is 14.6. The van der Waals surface area contributed by atoms with E-state index in [1.165, 1.54) is 6.42 Å². The van der Waals surface area contributed by atoms with Gasteiger partial charge in [0.2, 0.25) is 0 Å². The molecule has 1 aromatic heterocycles. The Morgan fingerprint density at radius 1 is 1.30 bits per heavy atom. The number of hydrogen-bond acceptors (Lipinski definition) is 4. The molecule has 0 amide bonds. The summed E-state index contributed by atoms with van der Waals surface area (Å²) in [5, 5.41) is 0.667. The van der Waals surface area contributed by atoms with E-state index >= 15 is 0 Å². The van der Waals surface area contributed by atoms with Crippen molar-refractivity contribution in [2.45, 2.75) is 18.9 Å². The van der Waals surface area contributed by atoms with E-state index < -0.39 is 0 Å². The highest BCUT2D eigenvalue weighted by Crippen LogP contribution is 2.27. The summed E-state index contributed by atoms with van der Waals surface area (Å²) >= 11 is 9.53. The Kier molecular flexibility index (Phi) is 4.81. The second-order valence-electron chi connectivity index (χ2n) is 5.35. The van der Waals surface area contributed by atoms with Crippen LogP contribution >= 0.6 is 27.5 Å². The number of anilines is 1. The predicted molar refractivity (Wildman–Crippen MR) is 84.6 cm³/mol. The third-order valence-electron chi connectivity index (χ3n) is 4.04. The van der Waals surface area contributed by atoms with E-state index in [4.69, 9.17) is 16.3 Å². The summed E-state index contributed by atoms with van der Waals surface area (Å²) in [7, 11) is 0. The minimum atomic E-state index is 0.608. The minimum Gasteiger partial charge on any atom is -0.380 e. The molecule has 3 rings (SSSR count). The van der Waals surface area contributed by atoms with Gasteiger partial charge in [-0.05, 0) is 34.8 Å². The topological polar surface area (TPSA) is 28.6 Å². The van der Waals surface area contributed by atoms with E-state index in [9.17, 15) is 0 Å². The zero-order chi connectivity index (χ0) is 13.9. The van der Waals surface area contributed by atoms with Crippen molar-refractivity contribution < 1.29 is 4.74 Å². The Hall–Kier alpha value is -0.360. The number of aromatic nitrogens is 1. The molecule has 0 radical (unpaired) electrons. The molecule has 20 heavy (non-hydrogen) atoms. The van der Waals surface area contributed by atoms with E-state index in [1.807, 2.05) is 6.07 Å². The van der Waals surface area contributed by atoms with E-state index in [1.54, 1.807) is 6.20 Å². The van der Waals surface area contributed by atoms with Gasteiger partial charge in [0, 0.05) is 45.0 Å². The van der Waals surface area contributed by atoms with E-state index in [0.29, 0.717) is 11.1 Å². The van der Waals surface area contributed by atoms with Crippen LogP contribution in [0, 0.1) is 0 Å². The zero-order valence-electron chi connectivity index (χ0n) is 11.4. The number of ether oxygens (including phenoxy) is 1. The van der Waals surface area contributed by atoms with Gasteiger partial charge in [-0.3, -0.25) is 4.90 Å². The highest BCUT2D eigenvalue weighted by molar-refractivity contribution is 9.10. The average Bonchev–Trinajstić information content (AvgIpc) is 2.85. The van der Waals surface area contributed by atoms with Gasteiger partial charge >= 0.3 is 0 Å². The van der Waals surface area contributed by atoms with Crippen LogP contribution in [0.25, 0.3) is 0 Å². The second-order valence-corrected chi connectivity index (χ2v) is 6.64. The highest BCUT2D eigenvalue weighted by atomic mass is 79.9. The lowest BCUT2D eigenvalue weighted by molar-refractivity contribution is 0.148. The lowest BCUT2D eigenvalue weighted by Gasteiger charge is -2.26. The Labute approximate surface area is 133 Å².